The minimum atomic E-state index is 0.0437. The van der Waals surface area contributed by atoms with Crippen molar-refractivity contribution >= 4 is 22.5 Å². The van der Waals surface area contributed by atoms with E-state index < -0.39 is 0 Å². The molecule has 7 nitrogen and oxygen atoms in total. The Morgan fingerprint density at radius 3 is 2.66 bits per heavy atom. The van der Waals surface area contributed by atoms with E-state index in [1.807, 2.05) is 42.2 Å². The van der Waals surface area contributed by atoms with Crippen LogP contribution in [0.1, 0.15) is 24.6 Å². The molecular weight excluding hydrogens is 440 g/mol. The number of pyridine rings is 1. The van der Waals surface area contributed by atoms with Gasteiger partial charge in [0.25, 0.3) is 5.91 Å². The van der Waals surface area contributed by atoms with E-state index >= 15 is 0 Å². The zero-order chi connectivity index (χ0) is 24.2. The second-order valence-corrected chi connectivity index (χ2v) is 9.38. The van der Waals surface area contributed by atoms with Crippen LogP contribution < -0.4 is 14.4 Å². The summed E-state index contributed by atoms with van der Waals surface area (Å²) in [5.41, 5.74) is 4.13. The van der Waals surface area contributed by atoms with Crippen LogP contribution in [-0.2, 0) is 11.3 Å². The van der Waals surface area contributed by atoms with Gasteiger partial charge in [0.05, 0.1) is 11.2 Å². The lowest BCUT2D eigenvalue weighted by Crippen LogP contribution is -2.47. The molecule has 1 fully saturated rings. The number of carbonyl (C=O) groups is 1. The molecule has 0 atom stereocenters. The van der Waals surface area contributed by atoms with Gasteiger partial charge in [-0.15, -0.1) is 0 Å². The van der Waals surface area contributed by atoms with Crippen molar-refractivity contribution in [3.63, 3.8) is 0 Å². The predicted molar refractivity (Wildman–Crippen MR) is 138 cm³/mol. The molecular formula is C28H34N4O3. The summed E-state index contributed by atoms with van der Waals surface area (Å²) < 4.78 is 11.8. The Morgan fingerprint density at radius 2 is 1.83 bits per heavy atom. The standard InChI is InChI=1S/C28H34N4O3/c1-3-11-32-25-18-22(8-10-27(25)35-20-28(32)33)19-31-14-12-30(13-15-31)16-17-34-26-6-4-5-24-23(26)9-7-21(2)29-24/h4-10,18H,3,11-17,19-20H2,1-2H3. The maximum absolute atomic E-state index is 12.3. The van der Waals surface area contributed by atoms with Crippen LogP contribution in [0.5, 0.6) is 11.5 Å². The van der Waals surface area contributed by atoms with Gasteiger partial charge in [-0.25, -0.2) is 0 Å². The normalized spacial score (nSPS) is 16.9. The van der Waals surface area contributed by atoms with Crippen molar-refractivity contribution in [1.82, 2.24) is 14.8 Å². The third-order valence-corrected chi connectivity index (χ3v) is 6.78. The second-order valence-electron chi connectivity index (χ2n) is 9.38. The lowest BCUT2D eigenvalue weighted by molar-refractivity contribution is -0.121. The highest BCUT2D eigenvalue weighted by Crippen LogP contribution is 2.33. The van der Waals surface area contributed by atoms with Gasteiger partial charge in [0.2, 0.25) is 0 Å². The Kier molecular flexibility index (Phi) is 7.16. The first-order chi connectivity index (χ1) is 17.1. The van der Waals surface area contributed by atoms with Gasteiger partial charge in [0.1, 0.15) is 18.1 Å². The highest BCUT2D eigenvalue weighted by Gasteiger charge is 2.25. The van der Waals surface area contributed by atoms with Gasteiger partial charge in [-0.2, -0.15) is 0 Å². The highest BCUT2D eigenvalue weighted by atomic mass is 16.5. The summed E-state index contributed by atoms with van der Waals surface area (Å²) >= 11 is 0. The Labute approximate surface area is 207 Å². The zero-order valence-corrected chi connectivity index (χ0v) is 20.7. The lowest BCUT2D eigenvalue weighted by atomic mass is 10.1. The molecule has 0 N–H and O–H groups in total. The molecule has 1 saturated heterocycles. The molecule has 7 heteroatoms. The molecule has 3 heterocycles. The number of rotatable bonds is 8. The number of aromatic nitrogens is 1. The van der Waals surface area contributed by atoms with Crippen molar-refractivity contribution in [1.29, 1.82) is 0 Å². The number of anilines is 1. The summed E-state index contributed by atoms with van der Waals surface area (Å²) in [5, 5.41) is 1.07. The number of hydrogen-bond acceptors (Lipinski definition) is 6. The van der Waals surface area contributed by atoms with Gasteiger partial charge in [0, 0.05) is 56.9 Å². The van der Waals surface area contributed by atoms with Crippen LogP contribution in [0, 0.1) is 6.92 Å². The Bertz CT molecular complexity index is 1190. The van der Waals surface area contributed by atoms with Gasteiger partial charge < -0.3 is 14.4 Å². The fourth-order valence-electron chi connectivity index (χ4n) is 4.88. The molecule has 184 valence electrons. The van der Waals surface area contributed by atoms with Crippen LogP contribution >= 0.6 is 0 Å². The van der Waals surface area contributed by atoms with Crippen LogP contribution in [0.3, 0.4) is 0 Å². The maximum Gasteiger partial charge on any atom is 0.265 e. The van der Waals surface area contributed by atoms with Crippen molar-refractivity contribution in [2.24, 2.45) is 0 Å². The predicted octanol–water partition coefficient (Wildman–Crippen LogP) is 3.88. The molecule has 5 rings (SSSR count). The molecule has 2 aliphatic rings. The molecule has 0 saturated carbocycles. The quantitative estimate of drug-likeness (QED) is 0.494. The number of ether oxygens (including phenoxy) is 2. The molecule has 2 aromatic carbocycles. The van der Waals surface area contributed by atoms with Crippen molar-refractivity contribution in [3.05, 3.63) is 59.8 Å². The summed E-state index contributed by atoms with van der Waals surface area (Å²) in [6.07, 6.45) is 0.929. The Morgan fingerprint density at radius 1 is 1.00 bits per heavy atom. The van der Waals surface area contributed by atoms with Gasteiger partial charge in [-0.1, -0.05) is 19.1 Å². The number of carbonyl (C=O) groups excluding carboxylic acids is 1. The van der Waals surface area contributed by atoms with E-state index in [-0.39, 0.29) is 12.5 Å². The number of nitrogens with zero attached hydrogens (tertiary/aromatic N) is 4. The van der Waals surface area contributed by atoms with Gasteiger partial charge in [0.15, 0.2) is 6.61 Å². The van der Waals surface area contributed by atoms with Crippen LogP contribution in [0.15, 0.2) is 48.5 Å². The molecule has 1 amide bonds. The number of hydrogen-bond donors (Lipinski definition) is 0. The third kappa shape index (κ3) is 5.41. The van der Waals surface area contributed by atoms with E-state index in [1.54, 1.807) is 0 Å². The lowest BCUT2D eigenvalue weighted by Gasteiger charge is -2.35. The van der Waals surface area contributed by atoms with E-state index in [2.05, 4.69) is 39.9 Å². The first-order valence-corrected chi connectivity index (χ1v) is 12.6. The van der Waals surface area contributed by atoms with E-state index in [0.29, 0.717) is 6.61 Å². The smallest absolute Gasteiger partial charge is 0.265 e. The van der Waals surface area contributed by atoms with Crippen LogP contribution in [0.4, 0.5) is 5.69 Å². The molecule has 2 aliphatic heterocycles. The number of piperazine rings is 1. The first kappa shape index (κ1) is 23.6. The highest BCUT2D eigenvalue weighted by molar-refractivity contribution is 5.97. The minimum Gasteiger partial charge on any atom is -0.492 e. The molecule has 0 spiro atoms. The summed E-state index contributed by atoms with van der Waals surface area (Å²) in [6.45, 7) is 11.5. The number of aryl methyl sites for hydroxylation is 1. The molecule has 3 aromatic rings. The zero-order valence-electron chi connectivity index (χ0n) is 20.7. The van der Waals surface area contributed by atoms with Gasteiger partial charge in [-0.3, -0.25) is 19.6 Å². The third-order valence-electron chi connectivity index (χ3n) is 6.78. The molecule has 0 aliphatic carbocycles. The minimum absolute atomic E-state index is 0.0437. The topological polar surface area (TPSA) is 58.1 Å². The van der Waals surface area contributed by atoms with Crippen molar-refractivity contribution in [2.45, 2.75) is 26.8 Å². The number of amides is 1. The summed E-state index contributed by atoms with van der Waals surface area (Å²) in [5.74, 6) is 1.76. The average Bonchev–Trinajstić information content (AvgIpc) is 2.87. The SMILES string of the molecule is CCCN1C(=O)COc2ccc(CN3CCN(CCOc4cccc5nc(C)ccc45)CC3)cc21. The monoisotopic (exact) mass is 474 g/mol. The van der Waals surface area contributed by atoms with Gasteiger partial charge >= 0.3 is 0 Å². The van der Waals surface area contributed by atoms with Crippen LogP contribution in [0.25, 0.3) is 10.9 Å². The average molecular weight is 475 g/mol. The second kappa shape index (κ2) is 10.6. The van der Waals surface area contributed by atoms with Crippen molar-refractivity contribution in [3.8, 4) is 11.5 Å². The van der Waals surface area contributed by atoms with Crippen LogP contribution in [0.2, 0.25) is 0 Å². The fourth-order valence-corrected chi connectivity index (χ4v) is 4.88. The van der Waals surface area contributed by atoms with E-state index in [0.717, 1.165) is 86.0 Å². The summed E-state index contributed by atoms with van der Waals surface area (Å²) in [7, 11) is 0. The maximum atomic E-state index is 12.3. The fraction of sp³-hybridized carbons (Fsp3) is 0.429. The first-order valence-electron chi connectivity index (χ1n) is 12.6. The van der Waals surface area contributed by atoms with Crippen molar-refractivity contribution < 1.29 is 14.3 Å². The summed E-state index contributed by atoms with van der Waals surface area (Å²) in [4.78, 5) is 23.7. The van der Waals surface area contributed by atoms with E-state index in [1.165, 1.54) is 5.56 Å². The number of benzene rings is 2. The molecule has 35 heavy (non-hydrogen) atoms. The largest absolute Gasteiger partial charge is 0.492 e. The number of fused-ring (bicyclic) bond motifs is 2. The van der Waals surface area contributed by atoms with E-state index in [4.69, 9.17) is 9.47 Å². The van der Waals surface area contributed by atoms with Crippen molar-refractivity contribution in [2.75, 3.05) is 57.4 Å². The van der Waals surface area contributed by atoms with Crippen LogP contribution in [-0.4, -0.2) is 73.2 Å². The summed E-state index contributed by atoms with van der Waals surface area (Å²) in [6, 6.07) is 16.4. The molecule has 0 unspecified atom stereocenters. The Hall–Kier alpha value is -3.16. The molecule has 0 radical (unpaired) electrons. The van der Waals surface area contributed by atoms with E-state index in [9.17, 15) is 4.79 Å². The van der Waals surface area contributed by atoms with Gasteiger partial charge in [-0.05, 0) is 55.3 Å². The molecule has 0 bridgehead atoms. The molecule has 1 aromatic heterocycles. The Balaban J connectivity index is 1.12.